The van der Waals surface area contributed by atoms with Gasteiger partial charge in [0, 0.05) is 13.0 Å². The molecule has 0 atom stereocenters. The molecule has 21 heavy (non-hydrogen) atoms. The van der Waals surface area contributed by atoms with E-state index in [4.69, 9.17) is 5.73 Å². The van der Waals surface area contributed by atoms with Gasteiger partial charge in [0.2, 0.25) is 0 Å². The van der Waals surface area contributed by atoms with Crippen molar-refractivity contribution < 1.29 is 21.6 Å². The number of nitrogens with one attached hydrogen (secondary N) is 1. The van der Waals surface area contributed by atoms with Crippen LogP contribution in [0.4, 0.5) is 18.9 Å². The van der Waals surface area contributed by atoms with Gasteiger partial charge in [-0.05, 0) is 12.1 Å². The van der Waals surface area contributed by atoms with Crippen molar-refractivity contribution in [3.8, 4) is 0 Å². The summed E-state index contributed by atoms with van der Waals surface area (Å²) in [5.74, 6) is 0. The normalized spacial score (nSPS) is 12.1. The zero-order chi connectivity index (χ0) is 16.1. The standard InChI is InChI=1S/C11H14F3N3O2S2/c12-11(13,14)8-16-21(18,19)17(7-6-10(15)20)9-4-2-1-3-5-9/h1-5,16H,6-8H2,(H2,15,20). The fourth-order valence-electron chi connectivity index (χ4n) is 1.44. The van der Waals surface area contributed by atoms with Gasteiger partial charge in [-0.25, -0.2) is 0 Å². The van der Waals surface area contributed by atoms with Gasteiger partial charge in [-0.3, -0.25) is 4.31 Å². The minimum Gasteiger partial charge on any atom is -0.393 e. The molecule has 0 bridgehead atoms. The van der Waals surface area contributed by atoms with Crippen LogP contribution in [0.1, 0.15) is 6.42 Å². The van der Waals surface area contributed by atoms with Crippen LogP contribution >= 0.6 is 12.2 Å². The summed E-state index contributed by atoms with van der Waals surface area (Å²) < 4.78 is 62.9. The van der Waals surface area contributed by atoms with E-state index in [1.807, 2.05) is 0 Å². The third kappa shape index (κ3) is 6.27. The van der Waals surface area contributed by atoms with Crippen molar-refractivity contribution in [2.24, 2.45) is 5.73 Å². The molecule has 0 aliphatic heterocycles. The molecule has 3 N–H and O–H groups in total. The molecule has 0 saturated carbocycles. The summed E-state index contributed by atoms with van der Waals surface area (Å²) in [7, 11) is -4.36. The largest absolute Gasteiger partial charge is 0.402 e. The molecule has 0 fully saturated rings. The first-order valence-corrected chi connectivity index (χ1v) is 7.64. The van der Waals surface area contributed by atoms with Crippen LogP contribution in [-0.2, 0) is 10.2 Å². The highest BCUT2D eigenvalue weighted by Gasteiger charge is 2.32. The number of para-hydroxylation sites is 1. The topological polar surface area (TPSA) is 75.4 Å². The van der Waals surface area contributed by atoms with Crippen molar-refractivity contribution in [3.63, 3.8) is 0 Å². The van der Waals surface area contributed by atoms with Gasteiger partial charge in [0.25, 0.3) is 0 Å². The van der Waals surface area contributed by atoms with Crippen molar-refractivity contribution in [2.45, 2.75) is 12.6 Å². The van der Waals surface area contributed by atoms with E-state index >= 15 is 0 Å². The summed E-state index contributed by atoms with van der Waals surface area (Å²) >= 11 is 4.67. The van der Waals surface area contributed by atoms with Gasteiger partial charge in [-0.1, -0.05) is 30.4 Å². The Morgan fingerprint density at radius 3 is 2.33 bits per heavy atom. The summed E-state index contributed by atoms with van der Waals surface area (Å²) in [6.45, 7) is -1.79. The van der Waals surface area contributed by atoms with Crippen LogP contribution in [0.2, 0.25) is 0 Å². The molecule has 1 aromatic rings. The second-order valence-electron chi connectivity index (χ2n) is 4.07. The second kappa shape index (κ2) is 7.05. The predicted octanol–water partition coefficient (Wildman–Crippen LogP) is 1.57. The average molecular weight is 341 g/mol. The monoisotopic (exact) mass is 341 g/mol. The SMILES string of the molecule is NC(=S)CCN(c1ccccc1)S(=O)(=O)NCC(F)(F)F. The van der Waals surface area contributed by atoms with Crippen LogP contribution < -0.4 is 14.8 Å². The zero-order valence-corrected chi connectivity index (χ0v) is 12.4. The van der Waals surface area contributed by atoms with Gasteiger partial charge in [0.05, 0.1) is 10.7 Å². The minimum atomic E-state index is -4.64. The van der Waals surface area contributed by atoms with Crippen LogP contribution in [0.5, 0.6) is 0 Å². The maximum absolute atomic E-state index is 12.2. The number of nitrogens with two attached hydrogens (primary N) is 1. The molecule has 5 nitrogen and oxygen atoms in total. The molecule has 0 amide bonds. The number of nitrogens with zero attached hydrogens (tertiary/aromatic N) is 1. The summed E-state index contributed by atoms with van der Waals surface area (Å²) in [5.41, 5.74) is 5.54. The first-order chi connectivity index (χ1) is 9.62. The van der Waals surface area contributed by atoms with Gasteiger partial charge in [0.1, 0.15) is 6.54 Å². The number of rotatable bonds is 7. The highest BCUT2D eigenvalue weighted by atomic mass is 32.2. The molecule has 1 aromatic carbocycles. The summed E-state index contributed by atoms with van der Waals surface area (Å²) in [5, 5.41) is 0. The third-order valence-electron chi connectivity index (χ3n) is 2.35. The van der Waals surface area contributed by atoms with Crippen molar-refractivity contribution in [1.82, 2.24) is 4.72 Å². The number of anilines is 1. The quantitative estimate of drug-likeness (QED) is 0.738. The lowest BCUT2D eigenvalue weighted by Crippen LogP contribution is -2.45. The molecule has 118 valence electrons. The van der Waals surface area contributed by atoms with Gasteiger partial charge < -0.3 is 5.73 Å². The number of hydrogen-bond acceptors (Lipinski definition) is 3. The molecule has 0 saturated heterocycles. The van der Waals surface area contributed by atoms with E-state index in [0.29, 0.717) is 0 Å². The van der Waals surface area contributed by atoms with Gasteiger partial charge in [0.15, 0.2) is 0 Å². The predicted molar refractivity (Wildman–Crippen MR) is 78.2 cm³/mol. The summed E-state index contributed by atoms with van der Waals surface area (Å²) in [6.07, 6.45) is -4.59. The molecule has 0 radical (unpaired) electrons. The molecule has 0 unspecified atom stereocenters. The van der Waals surface area contributed by atoms with Gasteiger partial charge in [-0.2, -0.15) is 26.3 Å². The van der Waals surface area contributed by atoms with E-state index in [2.05, 4.69) is 12.2 Å². The Labute approximate surface area is 126 Å². The molecule has 0 spiro atoms. The summed E-state index contributed by atoms with van der Waals surface area (Å²) in [6, 6.07) is 7.73. The number of thiocarbonyl (C=S) groups is 1. The van der Waals surface area contributed by atoms with Gasteiger partial charge >= 0.3 is 16.4 Å². The molecule has 0 aliphatic rings. The lowest BCUT2D eigenvalue weighted by atomic mass is 10.3. The smallest absolute Gasteiger partial charge is 0.393 e. The van der Waals surface area contributed by atoms with E-state index in [1.54, 1.807) is 18.2 Å². The maximum Gasteiger partial charge on any atom is 0.402 e. The van der Waals surface area contributed by atoms with Crippen molar-refractivity contribution >= 4 is 33.1 Å². The maximum atomic E-state index is 12.2. The second-order valence-corrected chi connectivity index (χ2v) is 6.27. The molecule has 10 heteroatoms. The number of benzene rings is 1. The molecule has 0 aliphatic carbocycles. The Bertz CT molecular complexity index is 576. The van der Waals surface area contributed by atoms with Crippen LogP contribution in [0.3, 0.4) is 0 Å². The number of hydrogen-bond donors (Lipinski definition) is 2. The molecule has 1 rings (SSSR count). The lowest BCUT2D eigenvalue weighted by Gasteiger charge is -2.24. The lowest BCUT2D eigenvalue weighted by molar-refractivity contribution is -0.121. The number of alkyl halides is 3. The Morgan fingerprint density at radius 1 is 1.29 bits per heavy atom. The zero-order valence-electron chi connectivity index (χ0n) is 10.8. The highest BCUT2D eigenvalue weighted by Crippen LogP contribution is 2.19. The van der Waals surface area contributed by atoms with Crippen LogP contribution in [0.15, 0.2) is 30.3 Å². The molecular weight excluding hydrogens is 327 g/mol. The van der Waals surface area contributed by atoms with Crippen LogP contribution in [0.25, 0.3) is 0 Å². The van der Waals surface area contributed by atoms with Crippen LogP contribution in [0, 0.1) is 0 Å². The van der Waals surface area contributed by atoms with Crippen molar-refractivity contribution in [3.05, 3.63) is 30.3 Å². The Balaban J connectivity index is 2.97. The Morgan fingerprint density at radius 2 is 1.86 bits per heavy atom. The van der Waals surface area contributed by atoms with E-state index in [9.17, 15) is 21.6 Å². The molecule has 0 aromatic heterocycles. The molecular formula is C11H14F3N3O2S2. The Hall–Kier alpha value is -1.39. The fraction of sp³-hybridized carbons (Fsp3) is 0.364. The van der Waals surface area contributed by atoms with Gasteiger partial charge in [-0.15, -0.1) is 0 Å². The van der Waals surface area contributed by atoms with Crippen molar-refractivity contribution in [2.75, 3.05) is 17.4 Å². The fourth-order valence-corrected chi connectivity index (χ4v) is 2.77. The Kier molecular flexibility index (Phi) is 5.93. The van der Waals surface area contributed by atoms with Crippen molar-refractivity contribution in [1.29, 1.82) is 0 Å². The van der Waals surface area contributed by atoms with Crippen LogP contribution in [-0.4, -0.2) is 32.7 Å². The minimum absolute atomic E-state index is 0.0527. The molecule has 0 heterocycles. The highest BCUT2D eigenvalue weighted by molar-refractivity contribution is 7.90. The number of halogens is 3. The third-order valence-corrected chi connectivity index (χ3v) is 4.04. The average Bonchev–Trinajstić information content (AvgIpc) is 2.37. The first-order valence-electron chi connectivity index (χ1n) is 5.79. The van der Waals surface area contributed by atoms with E-state index < -0.39 is 22.9 Å². The first kappa shape index (κ1) is 17.7. The van der Waals surface area contributed by atoms with E-state index in [0.717, 1.165) is 4.31 Å². The summed E-state index contributed by atoms with van der Waals surface area (Å²) in [4.78, 5) is 0.0713. The van der Waals surface area contributed by atoms with E-state index in [-0.39, 0.29) is 23.6 Å². The van der Waals surface area contributed by atoms with E-state index in [1.165, 1.54) is 16.9 Å².